The molecule has 3 N–H and O–H groups in total. The Kier molecular flexibility index (Phi) is 4.37. The van der Waals surface area contributed by atoms with Crippen molar-refractivity contribution in [2.75, 3.05) is 17.7 Å². The molecule has 0 saturated carbocycles. The number of carbonyl (C=O) groups is 1. The molecule has 1 aromatic heterocycles. The molecule has 0 unspecified atom stereocenters. The number of nitrogens with two attached hydrogens (primary N) is 1. The lowest BCUT2D eigenvalue weighted by Crippen LogP contribution is -2.10. The van der Waals surface area contributed by atoms with Gasteiger partial charge < -0.3 is 15.8 Å². The molecule has 0 atom stereocenters. The Balaban J connectivity index is 2.30. The van der Waals surface area contributed by atoms with Crippen LogP contribution >= 0.6 is 0 Å². The van der Waals surface area contributed by atoms with Gasteiger partial charge in [-0.05, 0) is 43.7 Å². The van der Waals surface area contributed by atoms with Crippen molar-refractivity contribution in [2.24, 2.45) is 0 Å². The first-order valence-corrected chi connectivity index (χ1v) is 6.47. The van der Waals surface area contributed by atoms with Crippen molar-refractivity contribution < 1.29 is 13.9 Å². The lowest BCUT2D eigenvalue weighted by Gasteiger charge is -2.12. The number of esters is 1. The standard InChI is InChI=1S/C15H16FN3O2/c1-3-21-15(20)11-6-7-18-14(13(11)17)19-10-4-5-12(16)9(2)8-10/h4-8H,3,17H2,1-2H3,(H,18,19). The first-order valence-electron chi connectivity index (χ1n) is 6.47. The summed E-state index contributed by atoms with van der Waals surface area (Å²) in [5.41, 5.74) is 7.50. The number of pyridine rings is 1. The largest absolute Gasteiger partial charge is 0.462 e. The van der Waals surface area contributed by atoms with Crippen LogP contribution in [0.1, 0.15) is 22.8 Å². The average molecular weight is 289 g/mol. The summed E-state index contributed by atoms with van der Waals surface area (Å²) in [6.07, 6.45) is 1.46. The number of nitrogens with zero attached hydrogens (tertiary/aromatic N) is 1. The van der Waals surface area contributed by atoms with Crippen molar-refractivity contribution in [3.8, 4) is 0 Å². The number of aromatic nitrogens is 1. The van der Waals surface area contributed by atoms with Gasteiger partial charge in [0, 0.05) is 11.9 Å². The van der Waals surface area contributed by atoms with Gasteiger partial charge in [-0.3, -0.25) is 0 Å². The number of nitrogen functional groups attached to an aromatic ring is 1. The molecule has 1 aromatic carbocycles. The third kappa shape index (κ3) is 3.28. The second-order valence-corrected chi connectivity index (χ2v) is 4.43. The van der Waals surface area contributed by atoms with E-state index in [0.717, 1.165) is 0 Å². The van der Waals surface area contributed by atoms with Crippen molar-refractivity contribution in [3.05, 3.63) is 47.4 Å². The van der Waals surface area contributed by atoms with Crippen molar-refractivity contribution in [1.29, 1.82) is 0 Å². The zero-order valence-electron chi connectivity index (χ0n) is 11.8. The van der Waals surface area contributed by atoms with Crippen LogP contribution in [-0.4, -0.2) is 17.6 Å². The molecule has 6 heteroatoms. The minimum atomic E-state index is -0.504. The maximum Gasteiger partial charge on any atom is 0.340 e. The summed E-state index contributed by atoms with van der Waals surface area (Å²) >= 11 is 0. The maximum absolute atomic E-state index is 13.2. The van der Waals surface area contributed by atoms with E-state index in [4.69, 9.17) is 10.5 Å². The summed E-state index contributed by atoms with van der Waals surface area (Å²) < 4.78 is 18.2. The van der Waals surface area contributed by atoms with Gasteiger partial charge in [0.2, 0.25) is 0 Å². The Morgan fingerprint density at radius 3 is 2.86 bits per heavy atom. The number of carbonyl (C=O) groups excluding carboxylic acids is 1. The zero-order valence-corrected chi connectivity index (χ0v) is 11.8. The van der Waals surface area contributed by atoms with Gasteiger partial charge in [0.25, 0.3) is 0 Å². The number of nitrogens with one attached hydrogen (secondary N) is 1. The molecule has 1 heterocycles. The smallest absolute Gasteiger partial charge is 0.340 e. The van der Waals surface area contributed by atoms with E-state index >= 15 is 0 Å². The summed E-state index contributed by atoms with van der Waals surface area (Å²) in [5.74, 6) is -0.468. The number of anilines is 3. The summed E-state index contributed by atoms with van der Waals surface area (Å²) in [5, 5.41) is 2.97. The first kappa shape index (κ1) is 14.8. The molecule has 5 nitrogen and oxygen atoms in total. The lowest BCUT2D eigenvalue weighted by molar-refractivity contribution is 0.0527. The Morgan fingerprint density at radius 2 is 2.19 bits per heavy atom. The van der Waals surface area contributed by atoms with Crippen LogP contribution in [0.15, 0.2) is 30.5 Å². The highest BCUT2D eigenvalue weighted by atomic mass is 19.1. The number of hydrogen-bond donors (Lipinski definition) is 2. The molecule has 0 saturated heterocycles. The number of benzene rings is 1. The Hall–Kier alpha value is -2.63. The minimum absolute atomic E-state index is 0.193. The van der Waals surface area contributed by atoms with Crippen LogP contribution in [0.25, 0.3) is 0 Å². The molecule has 0 spiro atoms. The molecular weight excluding hydrogens is 273 g/mol. The zero-order chi connectivity index (χ0) is 15.4. The molecule has 2 rings (SSSR count). The molecule has 0 bridgehead atoms. The number of aryl methyl sites for hydroxylation is 1. The van der Waals surface area contributed by atoms with Crippen LogP contribution in [0.5, 0.6) is 0 Å². The number of rotatable bonds is 4. The van der Waals surface area contributed by atoms with Crippen molar-refractivity contribution in [3.63, 3.8) is 0 Å². The second kappa shape index (κ2) is 6.21. The van der Waals surface area contributed by atoms with E-state index in [-0.39, 0.29) is 23.7 Å². The molecule has 0 fully saturated rings. The van der Waals surface area contributed by atoms with Gasteiger partial charge in [0.1, 0.15) is 5.82 Å². The number of ether oxygens (including phenoxy) is 1. The molecule has 0 aliphatic carbocycles. The number of halogens is 1. The Labute approximate surface area is 121 Å². The summed E-state index contributed by atoms with van der Waals surface area (Å²) in [7, 11) is 0. The first-order chi connectivity index (χ1) is 10.0. The fraction of sp³-hybridized carbons (Fsp3) is 0.200. The molecule has 21 heavy (non-hydrogen) atoms. The fourth-order valence-corrected chi connectivity index (χ4v) is 1.82. The van der Waals surface area contributed by atoms with E-state index in [1.165, 1.54) is 18.3 Å². The molecule has 110 valence electrons. The van der Waals surface area contributed by atoms with E-state index in [2.05, 4.69) is 10.3 Å². The molecule has 0 aliphatic rings. The third-order valence-corrected chi connectivity index (χ3v) is 2.91. The normalized spacial score (nSPS) is 10.2. The maximum atomic E-state index is 13.2. The van der Waals surface area contributed by atoms with E-state index in [9.17, 15) is 9.18 Å². The summed E-state index contributed by atoms with van der Waals surface area (Å²) in [4.78, 5) is 15.9. The SMILES string of the molecule is CCOC(=O)c1ccnc(Nc2ccc(F)c(C)c2)c1N. The topological polar surface area (TPSA) is 77.2 Å². The second-order valence-electron chi connectivity index (χ2n) is 4.43. The van der Waals surface area contributed by atoms with Crippen LogP contribution < -0.4 is 11.1 Å². The highest BCUT2D eigenvalue weighted by molar-refractivity contribution is 5.98. The van der Waals surface area contributed by atoms with Crippen LogP contribution in [0.2, 0.25) is 0 Å². The van der Waals surface area contributed by atoms with Gasteiger partial charge in [-0.25, -0.2) is 14.2 Å². The molecule has 0 radical (unpaired) electrons. The van der Waals surface area contributed by atoms with Gasteiger partial charge >= 0.3 is 5.97 Å². The van der Waals surface area contributed by atoms with E-state index in [1.54, 1.807) is 26.0 Å². The predicted molar refractivity (Wildman–Crippen MR) is 79.0 cm³/mol. The highest BCUT2D eigenvalue weighted by Crippen LogP contribution is 2.25. The summed E-state index contributed by atoms with van der Waals surface area (Å²) in [6, 6.07) is 6.05. The van der Waals surface area contributed by atoms with Crippen molar-refractivity contribution >= 4 is 23.2 Å². The van der Waals surface area contributed by atoms with Gasteiger partial charge in [0.15, 0.2) is 5.82 Å². The highest BCUT2D eigenvalue weighted by Gasteiger charge is 2.14. The van der Waals surface area contributed by atoms with Crippen LogP contribution in [0.4, 0.5) is 21.6 Å². The van der Waals surface area contributed by atoms with Gasteiger partial charge in [0.05, 0.1) is 17.9 Å². The average Bonchev–Trinajstić information content (AvgIpc) is 2.45. The van der Waals surface area contributed by atoms with E-state index < -0.39 is 5.97 Å². The van der Waals surface area contributed by atoms with Crippen LogP contribution in [0.3, 0.4) is 0 Å². The van der Waals surface area contributed by atoms with Crippen LogP contribution in [-0.2, 0) is 4.74 Å². The van der Waals surface area contributed by atoms with E-state index in [1.807, 2.05) is 0 Å². The Bertz CT molecular complexity index is 674. The van der Waals surface area contributed by atoms with Crippen LogP contribution in [0, 0.1) is 12.7 Å². The molecule has 0 amide bonds. The Morgan fingerprint density at radius 1 is 1.43 bits per heavy atom. The molecular formula is C15H16FN3O2. The fourth-order valence-electron chi connectivity index (χ4n) is 1.82. The van der Waals surface area contributed by atoms with Crippen molar-refractivity contribution in [1.82, 2.24) is 4.98 Å². The predicted octanol–water partition coefficient (Wildman–Crippen LogP) is 3.03. The van der Waals surface area contributed by atoms with Gasteiger partial charge in [-0.2, -0.15) is 0 Å². The van der Waals surface area contributed by atoms with Gasteiger partial charge in [-0.15, -0.1) is 0 Å². The number of hydrogen-bond acceptors (Lipinski definition) is 5. The van der Waals surface area contributed by atoms with E-state index in [0.29, 0.717) is 17.1 Å². The molecule has 2 aromatic rings. The third-order valence-electron chi connectivity index (χ3n) is 2.91. The van der Waals surface area contributed by atoms with Crippen molar-refractivity contribution in [2.45, 2.75) is 13.8 Å². The quantitative estimate of drug-likeness (QED) is 0.846. The summed E-state index contributed by atoms with van der Waals surface area (Å²) in [6.45, 7) is 3.64. The molecule has 0 aliphatic heterocycles. The monoisotopic (exact) mass is 289 g/mol. The van der Waals surface area contributed by atoms with Gasteiger partial charge in [-0.1, -0.05) is 0 Å². The minimum Gasteiger partial charge on any atom is -0.462 e. The lowest BCUT2D eigenvalue weighted by atomic mass is 10.2.